The molecule has 4 aliphatic rings. The molecule has 4 aliphatic carbocycles. The van der Waals surface area contributed by atoms with E-state index in [1.165, 1.54) is 68.1 Å². The fraction of sp³-hybridized carbons (Fsp3) is 0.526. The molecule has 4 bridgehead atoms. The predicted molar refractivity (Wildman–Crippen MR) is 94.1 cm³/mol. The SMILES string of the molecule is O=C(Nc1nnc(C23CC4CC(CC(C4)C2)C3)s1)c1cccc(F)c1. The second-order valence-electron chi connectivity index (χ2n) is 8.07. The first-order valence-corrected chi connectivity index (χ1v) is 9.82. The van der Waals surface area contributed by atoms with Crippen molar-refractivity contribution in [2.24, 2.45) is 17.8 Å². The van der Waals surface area contributed by atoms with E-state index in [1.54, 1.807) is 6.07 Å². The van der Waals surface area contributed by atoms with Crippen molar-refractivity contribution >= 4 is 22.4 Å². The molecule has 0 saturated heterocycles. The van der Waals surface area contributed by atoms with Gasteiger partial charge in [0.15, 0.2) is 0 Å². The summed E-state index contributed by atoms with van der Waals surface area (Å²) < 4.78 is 13.3. The average molecular weight is 357 g/mol. The monoisotopic (exact) mass is 357 g/mol. The number of nitrogens with zero attached hydrogens (tertiary/aromatic N) is 2. The molecule has 1 amide bonds. The third-order valence-electron chi connectivity index (χ3n) is 6.22. The second kappa shape index (κ2) is 5.59. The standard InChI is InChI=1S/C19H20FN3OS/c20-15-3-1-2-14(7-15)16(24)21-18-23-22-17(25-18)19-8-11-4-12(9-19)6-13(5-11)10-19/h1-3,7,11-13H,4-6,8-10H2,(H,21,23,24). The Morgan fingerprint density at radius 2 is 1.80 bits per heavy atom. The number of hydrogen-bond donors (Lipinski definition) is 1. The van der Waals surface area contributed by atoms with E-state index in [4.69, 9.17) is 0 Å². The van der Waals surface area contributed by atoms with Crippen molar-refractivity contribution in [3.05, 3.63) is 40.7 Å². The highest BCUT2D eigenvalue weighted by Gasteiger charge is 2.53. The molecule has 0 unspecified atom stereocenters. The Balaban J connectivity index is 1.36. The molecule has 0 radical (unpaired) electrons. The topological polar surface area (TPSA) is 54.9 Å². The molecule has 1 N–H and O–H groups in total. The van der Waals surface area contributed by atoms with Crippen molar-refractivity contribution in [1.29, 1.82) is 0 Å². The van der Waals surface area contributed by atoms with E-state index >= 15 is 0 Å². The number of benzene rings is 1. The molecule has 0 spiro atoms. The van der Waals surface area contributed by atoms with Crippen LogP contribution < -0.4 is 5.32 Å². The lowest BCUT2D eigenvalue weighted by molar-refractivity contribution is -0.00555. The van der Waals surface area contributed by atoms with Crippen LogP contribution in [0.2, 0.25) is 0 Å². The number of halogens is 1. The maximum absolute atomic E-state index is 13.3. The molecular weight excluding hydrogens is 337 g/mol. The summed E-state index contributed by atoms with van der Waals surface area (Å²) in [4.78, 5) is 12.3. The van der Waals surface area contributed by atoms with Gasteiger partial charge in [-0.1, -0.05) is 17.4 Å². The Morgan fingerprint density at radius 3 is 2.44 bits per heavy atom. The summed E-state index contributed by atoms with van der Waals surface area (Å²) in [5.74, 6) is 1.79. The Labute approximate surface area is 149 Å². The van der Waals surface area contributed by atoms with E-state index in [0.29, 0.717) is 10.7 Å². The van der Waals surface area contributed by atoms with Gasteiger partial charge in [0.2, 0.25) is 5.13 Å². The van der Waals surface area contributed by atoms with Crippen molar-refractivity contribution in [1.82, 2.24) is 10.2 Å². The van der Waals surface area contributed by atoms with Crippen LogP contribution in [0.1, 0.15) is 53.9 Å². The van der Waals surface area contributed by atoms with Gasteiger partial charge in [0.1, 0.15) is 10.8 Å². The summed E-state index contributed by atoms with van der Waals surface area (Å²) in [5.41, 5.74) is 0.486. The minimum absolute atomic E-state index is 0.189. The summed E-state index contributed by atoms with van der Waals surface area (Å²) in [5, 5.41) is 13.0. The number of hydrogen-bond acceptors (Lipinski definition) is 4. The van der Waals surface area contributed by atoms with Crippen LogP contribution in [0.5, 0.6) is 0 Å². The largest absolute Gasteiger partial charge is 0.296 e. The molecule has 6 heteroatoms. The van der Waals surface area contributed by atoms with Crippen LogP contribution in [-0.2, 0) is 5.41 Å². The minimum Gasteiger partial charge on any atom is -0.296 e. The molecule has 0 aliphatic heterocycles. The van der Waals surface area contributed by atoms with E-state index < -0.39 is 5.82 Å². The number of aromatic nitrogens is 2. The number of amides is 1. The first kappa shape index (κ1) is 15.4. The normalized spacial score (nSPS) is 32.8. The zero-order chi connectivity index (χ0) is 17.0. The van der Waals surface area contributed by atoms with Crippen molar-refractivity contribution in [3.63, 3.8) is 0 Å². The third-order valence-corrected chi connectivity index (χ3v) is 7.31. The molecule has 2 aromatic rings. The number of nitrogens with one attached hydrogen (secondary N) is 1. The molecule has 1 aromatic heterocycles. The van der Waals surface area contributed by atoms with Crippen LogP contribution in [0, 0.1) is 23.6 Å². The highest BCUT2D eigenvalue weighted by Crippen LogP contribution is 2.61. The minimum atomic E-state index is -0.417. The maximum Gasteiger partial charge on any atom is 0.257 e. The fourth-order valence-electron chi connectivity index (χ4n) is 5.66. The van der Waals surface area contributed by atoms with Gasteiger partial charge in [-0.15, -0.1) is 10.2 Å². The zero-order valence-electron chi connectivity index (χ0n) is 13.9. The molecule has 1 aromatic carbocycles. The van der Waals surface area contributed by atoms with Gasteiger partial charge in [-0.25, -0.2) is 4.39 Å². The molecule has 6 rings (SSSR count). The van der Waals surface area contributed by atoms with Gasteiger partial charge in [0.25, 0.3) is 5.91 Å². The van der Waals surface area contributed by atoms with Crippen molar-refractivity contribution in [3.8, 4) is 0 Å². The van der Waals surface area contributed by atoms with Crippen LogP contribution >= 0.6 is 11.3 Å². The smallest absolute Gasteiger partial charge is 0.257 e. The lowest BCUT2D eigenvalue weighted by atomic mass is 9.50. The van der Waals surface area contributed by atoms with Crippen LogP contribution in [0.15, 0.2) is 24.3 Å². The van der Waals surface area contributed by atoms with Gasteiger partial charge >= 0.3 is 0 Å². The quantitative estimate of drug-likeness (QED) is 0.886. The Bertz CT molecular complexity index is 798. The lowest BCUT2D eigenvalue weighted by Crippen LogP contribution is -2.48. The van der Waals surface area contributed by atoms with Crippen LogP contribution in [-0.4, -0.2) is 16.1 Å². The molecule has 4 saturated carbocycles. The fourth-order valence-corrected chi connectivity index (χ4v) is 6.62. The molecular formula is C19H20FN3OS. The van der Waals surface area contributed by atoms with Gasteiger partial charge in [-0.2, -0.15) is 0 Å². The third kappa shape index (κ3) is 2.67. The Kier molecular flexibility index (Phi) is 3.45. The van der Waals surface area contributed by atoms with Crippen molar-refractivity contribution in [2.45, 2.75) is 43.9 Å². The van der Waals surface area contributed by atoms with E-state index in [2.05, 4.69) is 15.5 Å². The predicted octanol–water partition coefficient (Wildman–Crippen LogP) is 4.40. The molecule has 1 heterocycles. The number of carbonyl (C=O) groups excluding carboxylic acids is 1. The maximum atomic E-state index is 13.3. The van der Waals surface area contributed by atoms with Gasteiger partial charge in [0, 0.05) is 11.0 Å². The van der Waals surface area contributed by atoms with E-state index in [1.807, 2.05) is 0 Å². The summed E-state index contributed by atoms with van der Waals surface area (Å²) in [7, 11) is 0. The molecule has 0 atom stereocenters. The number of rotatable bonds is 3. The lowest BCUT2D eigenvalue weighted by Gasteiger charge is -2.55. The van der Waals surface area contributed by atoms with Crippen molar-refractivity contribution < 1.29 is 9.18 Å². The molecule has 4 fully saturated rings. The summed E-state index contributed by atoms with van der Waals surface area (Å²) in [6.45, 7) is 0. The van der Waals surface area contributed by atoms with Gasteiger partial charge < -0.3 is 0 Å². The average Bonchev–Trinajstić information content (AvgIpc) is 3.03. The first-order valence-electron chi connectivity index (χ1n) is 9.00. The Hall–Kier alpha value is -1.82. The molecule has 25 heavy (non-hydrogen) atoms. The summed E-state index contributed by atoms with van der Waals surface area (Å²) >= 11 is 1.50. The van der Waals surface area contributed by atoms with Crippen LogP contribution in [0.25, 0.3) is 0 Å². The van der Waals surface area contributed by atoms with E-state index in [0.717, 1.165) is 22.8 Å². The van der Waals surface area contributed by atoms with Crippen molar-refractivity contribution in [2.75, 3.05) is 5.32 Å². The summed E-state index contributed by atoms with van der Waals surface area (Å²) in [6, 6.07) is 5.69. The number of anilines is 1. The van der Waals surface area contributed by atoms with Gasteiger partial charge in [-0.3, -0.25) is 10.1 Å². The second-order valence-corrected chi connectivity index (χ2v) is 9.05. The van der Waals surface area contributed by atoms with E-state index in [9.17, 15) is 9.18 Å². The highest BCUT2D eigenvalue weighted by molar-refractivity contribution is 7.15. The first-order chi connectivity index (χ1) is 12.1. The Morgan fingerprint density at radius 1 is 1.12 bits per heavy atom. The van der Waals surface area contributed by atoms with Gasteiger partial charge in [0.05, 0.1) is 0 Å². The highest BCUT2D eigenvalue weighted by atomic mass is 32.1. The van der Waals surface area contributed by atoms with E-state index in [-0.39, 0.29) is 11.3 Å². The van der Waals surface area contributed by atoms with Gasteiger partial charge in [-0.05, 0) is 74.5 Å². The number of carbonyl (C=O) groups is 1. The van der Waals surface area contributed by atoms with Crippen LogP contribution in [0.3, 0.4) is 0 Å². The summed E-state index contributed by atoms with van der Waals surface area (Å²) in [6.07, 6.45) is 7.85. The zero-order valence-corrected chi connectivity index (χ0v) is 14.7. The molecule has 4 nitrogen and oxygen atoms in total. The molecule has 130 valence electrons. The van der Waals surface area contributed by atoms with Crippen LogP contribution in [0.4, 0.5) is 9.52 Å².